The number of nitrogens with zero attached hydrogens (tertiary/aromatic N) is 7. The first-order valence-corrected chi connectivity index (χ1v) is 15.2. The van der Waals surface area contributed by atoms with E-state index in [0.717, 1.165) is 64.8 Å². The van der Waals surface area contributed by atoms with Crippen molar-refractivity contribution in [2.45, 2.75) is 89.9 Å². The molecular weight excluding hydrogens is 528 g/mol. The summed E-state index contributed by atoms with van der Waals surface area (Å²) in [5.74, 6) is 2.47. The molecule has 3 heterocycles. The van der Waals surface area contributed by atoms with E-state index in [0.29, 0.717) is 24.1 Å². The Balaban J connectivity index is 1.31. The first-order valence-electron chi connectivity index (χ1n) is 15.2. The Hall–Kier alpha value is -4.34. The van der Waals surface area contributed by atoms with E-state index in [1.807, 2.05) is 25.1 Å². The molecule has 2 saturated carbocycles. The molecule has 0 unspecified atom stereocenters. The largest absolute Gasteiger partial charge is 0.472 e. The molecule has 2 aliphatic carbocycles. The predicted molar refractivity (Wildman–Crippen MR) is 159 cm³/mol. The summed E-state index contributed by atoms with van der Waals surface area (Å²) in [6.45, 7) is 2.61. The molecule has 7 rings (SSSR count). The van der Waals surface area contributed by atoms with Crippen molar-refractivity contribution in [1.29, 1.82) is 0 Å². The summed E-state index contributed by atoms with van der Waals surface area (Å²) in [6, 6.07) is 16.6. The first-order chi connectivity index (χ1) is 20.7. The van der Waals surface area contributed by atoms with Gasteiger partial charge in [0.25, 0.3) is 11.8 Å². The molecule has 0 saturated heterocycles. The van der Waals surface area contributed by atoms with Crippen molar-refractivity contribution < 1.29 is 9.47 Å². The molecular formula is C32H36N8O2. The van der Waals surface area contributed by atoms with Gasteiger partial charge >= 0.3 is 0 Å². The summed E-state index contributed by atoms with van der Waals surface area (Å²) < 4.78 is 15.2. The number of H-pyrrole nitrogens is 1. The number of tetrazole rings is 1. The van der Waals surface area contributed by atoms with Gasteiger partial charge in [0.1, 0.15) is 23.5 Å². The van der Waals surface area contributed by atoms with Crippen molar-refractivity contribution in [2.75, 3.05) is 0 Å². The smallest absolute Gasteiger partial charge is 0.262 e. The molecule has 2 fully saturated rings. The zero-order valence-electron chi connectivity index (χ0n) is 24.0. The molecule has 10 heteroatoms. The number of hydrogen-bond acceptors (Lipinski definition) is 8. The van der Waals surface area contributed by atoms with Gasteiger partial charge < -0.3 is 14.0 Å². The topological polar surface area (TPSA) is 117 Å². The van der Waals surface area contributed by atoms with Crippen molar-refractivity contribution in [3.63, 3.8) is 0 Å². The summed E-state index contributed by atoms with van der Waals surface area (Å²) >= 11 is 0. The Kier molecular flexibility index (Phi) is 7.51. The maximum Gasteiger partial charge on any atom is 0.262 e. The van der Waals surface area contributed by atoms with Crippen LogP contribution in [0.4, 0.5) is 0 Å². The average molecular weight is 565 g/mol. The molecule has 1 N–H and O–H groups in total. The molecule has 216 valence electrons. The summed E-state index contributed by atoms with van der Waals surface area (Å²) in [7, 11) is 0. The Morgan fingerprint density at radius 3 is 2.05 bits per heavy atom. The van der Waals surface area contributed by atoms with Gasteiger partial charge in [-0.2, -0.15) is 5.21 Å². The fourth-order valence-corrected chi connectivity index (χ4v) is 6.43. The van der Waals surface area contributed by atoms with E-state index in [2.05, 4.69) is 65.7 Å². The highest BCUT2D eigenvalue weighted by Gasteiger charge is 2.26. The lowest BCUT2D eigenvalue weighted by Crippen LogP contribution is -2.22. The second-order valence-corrected chi connectivity index (χ2v) is 11.4. The third-order valence-corrected chi connectivity index (χ3v) is 8.61. The van der Waals surface area contributed by atoms with Crippen LogP contribution in [0.1, 0.15) is 75.6 Å². The summed E-state index contributed by atoms with van der Waals surface area (Å²) in [5.41, 5.74) is 5.75. The summed E-state index contributed by atoms with van der Waals surface area (Å²) in [5, 5.41) is 24.0. The van der Waals surface area contributed by atoms with Gasteiger partial charge in [0.05, 0.1) is 6.54 Å². The van der Waals surface area contributed by atoms with Crippen LogP contribution in [0.25, 0.3) is 33.5 Å². The second kappa shape index (κ2) is 11.9. The number of ether oxygens (including phenoxy) is 2. The number of rotatable bonds is 8. The monoisotopic (exact) mass is 564 g/mol. The Morgan fingerprint density at radius 1 is 0.738 bits per heavy atom. The Morgan fingerprint density at radius 2 is 1.36 bits per heavy atom. The SMILES string of the molecule is Cc1nc2c(OC3CCCCC3)nnc(OC3CCCCC3)c2n1Cc1ccccc1-c1ccccc1-c1nn[nH]n1. The van der Waals surface area contributed by atoms with E-state index in [1.54, 1.807) is 0 Å². The lowest BCUT2D eigenvalue weighted by atomic mass is 9.95. The second-order valence-electron chi connectivity index (χ2n) is 11.4. The maximum atomic E-state index is 6.57. The number of benzene rings is 2. The highest BCUT2D eigenvalue weighted by Crippen LogP contribution is 2.37. The van der Waals surface area contributed by atoms with Crippen molar-refractivity contribution in [2.24, 2.45) is 0 Å². The fourth-order valence-electron chi connectivity index (χ4n) is 6.43. The zero-order valence-corrected chi connectivity index (χ0v) is 24.0. The van der Waals surface area contributed by atoms with Crippen LogP contribution >= 0.6 is 0 Å². The normalized spacial score (nSPS) is 16.6. The summed E-state index contributed by atoms with van der Waals surface area (Å²) in [6.07, 6.45) is 11.7. The number of aromatic amines is 1. The number of fused-ring (bicyclic) bond motifs is 1. The van der Waals surface area contributed by atoms with Crippen molar-refractivity contribution in [1.82, 2.24) is 40.4 Å². The minimum absolute atomic E-state index is 0.138. The van der Waals surface area contributed by atoms with Crippen LogP contribution in [-0.2, 0) is 6.54 Å². The lowest BCUT2D eigenvalue weighted by molar-refractivity contribution is 0.140. The highest BCUT2D eigenvalue weighted by molar-refractivity contribution is 5.86. The molecule has 10 nitrogen and oxygen atoms in total. The molecule has 0 spiro atoms. The van der Waals surface area contributed by atoms with E-state index in [-0.39, 0.29) is 12.2 Å². The van der Waals surface area contributed by atoms with E-state index in [1.165, 1.54) is 38.5 Å². The molecule has 0 amide bonds. The van der Waals surface area contributed by atoms with Crippen LogP contribution < -0.4 is 9.47 Å². The molecule has 42 heavy (non-hydrogen) atoms. The standard InChI is InChI=1S/C32H36N8O2/c1-21-33-28-29(32(42-24-15-6-3-7-16-24)37-36-31(28)41-23-13-4-2-5-14-23)40(21)20-22-12-8-9-17-25(22)26-18-10-11-19-27(26)30-34-38-39-35-30/h8-12,17-19,23-24H,2-7,13-16,20H2,1H3,(H,34,35,38,39). The first kappa shape index (κ1) is 26.6. The molecule has 0 bridgehead atoms. The minimum atomic E-state index is 0.138. The van der Waals surface area contributed by atoms with E-state index >= 15 is 0 Å². The van der Waals surface area contributed by atoms with Gasteiger partial charge in [-0.15, -0.1) is 20.4 Å². The van der Waals surface area contributed by atoms with Gasteiger partial charge in [0.15, 0.2) is 5.52 Å². The van der Waals surface area contributed by atoms with Crippen LogP contribution in [0.5, 0.6) is 11.8 Å². The molecule has 2 aliphatic rings. The van der Waals surface area contributed by atoms with Crippen LogP contribution in [0, 0.1) is 6.92 Å². The van der Waals surface area contributed by atoms with Crippen molar-refractivity contribution in [3.05, 3.63) is 59.9 Å². The quantitative estimate of drug-likeness (QED) is 0.228. The van der Waals surface area contributed by atoms with Gasteiger partial charge in [-0.1, -0.05) is 61.4 Å². The minimum Gasteiger partial charge on any atom is -0.472 e. The molecule has 0 aliphatic heterocycles. The molecule has 3 aromatic heterocycles. The Labute approximate surface area is 244 Å². The van der Waals surface area contributed by atoms with Gasteiger partial charge in [-0.25, -0.2) is 4.98 Å². The van der Waals surface area contributed by atoms with Crippen LogP contribution in [0.3, 0.4) is 0 Å². The number of aromatic nitrogens is 8. The van der Waals surface area contributed by atoms with Crippen molar-refractivity contribution in [3.8, 4) is 34.3 Å². The number of nitrogens with one attached hydrogen (secondary N) is 1. The van der Waals surface area contributed by atoms with Gasteiger partial charge in [0, 0.05) is 5.56 Å². The van der Waals surface area contributed by atoms with Crippen molar-refractivity contribution >= 4 is 11.0 Å². The van der Waals surface area contributed by atoms with Gasteiger partial charge in [-0.3, -0.25) is 0 Å². The molecule has 2 aromatic carbocycles. The molecule has 0 radical (unpaired) electrons. The summed E-state index contributed by atoms with van der Waals surface area (Å²) in [4.78, 5) is 5.01. The number of imidazole rings is 1. The zero-order chi connectivity index (χ0) is 28.3. The van der Waals surface area contributed by atoms with E-state index in [9.17, 15) is 0 Å². The van der Waals surface area contributed by atoms with Gasteiger partial charge in [0.2, 0.25) is 5.82 Å². The lowest BCUT2D eigenvalue weighted by Gasteiger charge is -2.24. The Bertz CT molecular complexity index is 1650. The van der Waals surface area contributed by atoms with E-state index < -0.39 is 0 Å². The number of aryl methyl sites for hydroxylation is 1. The third kappa shape index (κ3) is 5.33. The average Bonchev–Trinajstić information content (AvgIpc) is 3.69. The van der Waals surface area contributed by atoms with Crippen LogP contribution in [0.2, 0.25) is 0 Å². The van der Waals surface area contributed by atoms with E-state index in [4.69, 9.17) is 14.5 Å². The fraction of sp³-hybridized carbons (Fsp3) is 0.438. The number of hydrogen-bond donors (Lipinski definition) is 1. The molecule has 0 atom stereocenters. The maximum absolute atomic E-state index is 6.57. The molecule has 5 aromatic rings. The highest BCUT2D eigenvalue weighted by atomic mass is 16.5. The third-order valence-electron chi connectivity index (χ3n) is 8.61. The van der Waals surface area contributed by atoms with Gasteiger partial charge in [-0.05, 0) is 80.2 Å². The van der Waals surface area contributed by atoms with Crippen LogP contribution in [0.15, 0.2) is 48.5 Å². The van der Waals surface area contributed by atoms with Crippen LogP contribution in [-0.4, -0.2) is 52.6 Å². The predicted octanol–water partition coefficient (Wildman–Crippen LogP) is 6.45.